The molecule has 190 valence electrons. The van der Waals surface area contributed by atoms with E-state index in [0.29, 0.717) is 5.69 Å². The topological polar surface area (TPSA) is 105 Å². The fraction of sp³-hybridized carbons (Fsp3) is 0.357. The second-order valence-electron chi connectivity index (χ2n) is 9.19. The fourth-order valence-corrected chi connectivity index (χ4v) is 4.77. The molecule has 1 heterocycles. The van der Waals surface area contributed by atoms with E-state index < -0.39 is 24.6 Å². The van der Waals surface area contributed by atoms with Crippen molar-refractivity contribution in [2.75, 3.05) is 7.11 Å². The van der Waals surface area contributed by atoms with Gasteiger partial charge in [0.15, 0.2) is 0 Å². The van der Waals surface area contributed by atoms with E-state index in [1.807, 2.05) is 12.1 Å². The van der Waals surface area contributed by atoms with Gasteiger partial charge in [0.25, 0.3) is 0 Å². The molecule has 2 aromatic carbocycles. The number of methoxy groups -OCH3 is 1. The van der Waals surface area contributed by atoms with Gasteiger partial charge in [0.1, 0.15) is 11.6 Å². The average Bonchev–Trinajstić information content (AvgIpc) is 3.22. The Morgan fingerprint density at radius 3 is 2.58 bits per heavy atom. The van der Waals surface area contributed by atoms with Crippen LogP contribution in [0.25, 0.3) is 11.8 Å². The van der Waals surface area contributed by atoms with E-state index in [2.05, 4.69) is 12.1 Å². The van der Waals surface area contributed by atoms with Crippen molar-refractivity contribution in [3.05, 3.63) is 82.9 Å². The van der Waals surface area contributed by atoms with E-state index in [1.165, 1.54) is 17.7 Å². The third-order valence-corrected chi connectivity index (χ3v) is 6.53. The van der Waals surface area contributed by atoms with Crippen LogP contribution >= 0.6 is 0 Å². The molecule has 8 heteroatoms. The molecule has 0 aliphatic heterocycles. The lowest BCUT2D eigenvalue weighted by molar-refractivity contribution is -0.139. The second-order valence-corrected chi connectivity index (χ2v) is 9.19. The van der Waals surface area contributed by atoms with E-state index in [4.69, 9.17) is 14.9 Å². The maximum absolute atomic E-state index is 13.6. The summed E-state index contributed by atoms with van der Waals surface area (Å²) in [5, 5.41) is 34.1. The molecular weight excluding hydrogens is 463 g/mol. The van der Waals surface area contributed by atoms with Crippen molar-refractivity contribution in [2.24, 2.45) is 0 Å². The number of hydrogen-bond donors (Lipinski definition) is 3. The van der Waals surface area contributed by atoms with Crippen LogP contribution in [0.2, 0.25) is 0 Å². The van der Waals surface area contributed by atoms with Crippen LogP contribution in [0.3, 0.4) is 0 Å². The second kappa shape index (κ2) is 11.5. The van der Waals surface area contributed by atoms with Crippen molar-refractivity contribution >= 4 is 12.0 Å². The Balaban J connectivity index is 1.65. The van der Waals surface area contributed by atoms with Crippen LogP contribution in [0.15, 0.2) is 54.6 Å². The van der Waals surface area contributed by atoms with Crippen LogP contribution in [0, 0.1) is 5.82 Å². The Labute approximate surface area is 209 Å². The molecule has 1 unspecified atom stereocenters. The van der Waals surface area contributed by atoms with Gasteiger partial charge in [-0.15, -0.1) is 0 Å². The Morgan fingerprint density at radius 2 is 1.92 bits per heavy atom. The first-order valence-corrected chi connectivity index (χ1v) is 12.1. The number of carbonyl (C=O) groups is 1. The Kier molecular flexibility index (Phi) is 8.18. The number of carboxylic acid groups (broad SMARTS) is 1. The molecule has 36 heavy (non-hydrogen) atoms. The maximum Gasteiger partial charge on any atom is 0.305 e. The zero-order valence-corrected chi connectivity index (χ0v) is 20.2. The number of aliphatic carboxylic acids is 1. The molecule has 1 aromatic heterocycles. The Morgan fingerprint density at radius 1 is 1.19 bits per heavy atom. The standard InChI is InChI=1S/C28H31FN2O5/c1-36-24-12-5-18(6-13-24)15-19-3-2-4-25-26(14-11-22(32)16-23(33)17-27(34)35)31(30-28(19)25)21-9-7-20(29)8-10-21/h5-14,19,22-23,32-33H,2-4,15-17H2,1H3,(H,34,35)/b14-11+/t19?,22-,23-/m1/s1. The average molecular weight is 495 g/mol. The number of ether oxygens (including phenoxy) is 1. The van der Waals surface area contributed by atoms with Gasteiger partial charge in [-0.1, -0.05) is 18.2 Å². The molecule has 0 amide bonds. The highest BCUT2D eigenvalue weighted by molar-refractivity contribution is 5.67. The van der Waals surface area contributed by atoms with E-state index in [0.717, 1.165) is 48.4 Å². The summed E-state index contributed by atoms with van der Waals surface area (Å²) in [7, 11) is 1.64. The van der Waals surface area contributed by atoms with Crippen LogP contribution in [0.1, 0.15) is 54.1 Å². The fourth-order valence-electron chi connectivity index (χ4n) is 4.77. The summed E-state index contributed by atoms with van der Waals surface area (Å²) in [6, 6.07) is 14.1. The summed E-state index contributed by atoms with van der Waals surface area (Å²) < 4.78 is 20.6. The van der Waals surface area contributed by atoms with Crippen molar-refractivity contribution in [3.8, 4) is 11.4 Å². The molecule has 0 saturated carbocycles. The van der Waals surface area contributed by atoms with E-state index >= 15 is 0 Å². The van der Waals surface area contributed by atoms with E-state index in [1.54, 1.807) is 36.1 Å². The summed E-state index contributed by atoms with van der Waals surface area (Å²) in [6.07, 6.45) is 4.26. The number of carboxylic acids is 1. The minimum atomic E-state index is -1.15. The molecule has 3 aromatic rings. The molecule has 3 N–H and O–H groups in total. The van der Waals surface area contributed by atoms with E-state index in [9.17, 15) is 19.4 Å². The number of fused-ring (bicyclic) bond motifs is 1. The van der Waals surface area contributed by atoms with Gasteiger partial charge in [0, 0.05) is 17.9 Å². The van der Waals surface area contributed by atoms with Crippen LogP contribution in [-0.4, -0.2) is 50.4 Å². The lowest BCUT2D eigenvalue weighted by atomic mass is 9.83. The number of hydrogen-bond acceptors (Lipinski definition) is 5. The molecule has 0 fully saturated rings. The molecule has 4 rings (SSSR count). The number of benzene rings is 2. The lowest BCUT2D eigenvalue weighted by Crippen LogP contribution is -2.19. The Hall–Kier alpha value is -3.49. The van der Waals surface area contributed by atoms with Crippen molar-refractivity contribution in [2.45, 2.75) is 56.7 Å². The van der Waals surface area contributed by atoms with Crippen molar-refractivity contribution in [1.82, 2.24) is 9.78 Å². The first kappa shape index (κ1) is 25.6. The molecular formula is C28H31FN2O5. The van der Waals surface area contributed by atoms with Crippen molar-refractivity contribution < 1.29 is 29.2 Å². The molecule has 0 radical (unpaired) electrons. The van der Waals surface area contributed by atoms with E-state index in [-0.39, 0.29) is 18.2 Å². The zero-order chi connectivity index (χ0) is 25.7. The number of halogens is 1. The number of rotatable bonds is 10. The minimum Gasteiger partial charge on any atom is -0.497 e. The highest BCUT2D eigenvalue weighted by Gasteiger charge is 2.28. The lowest BCUT2D eigenvalue weighted by Gasteiger charge is -2.21. The van der Waals surface area contributed by atoms with Gasteiger partial charge < -0.3 is 20.1 Å². The number of aromatic nitrogens is 2. The predicted octanol–water partition coefficient (Wildman–Crippen LogP) is 4.28. The van der Waals surface area contributed by atoms with Crippen molar-refractivity contribution in [3.63, 3.8) is 0 Å². The van der Waals surface area contributed by atoms with Crippen LogP contribution in [-0.2, 0) is 17.6 Å². The maximum atomic E-state index is 13.6. The van der Waals surface area contributed by atoms with Gasteiger partial charge in [0.2, 0.25) is 0 Å². The number of aliphatic hydroxyl groups is 2. The van der Waals surface area contributed by atoms with Crippen molar-refractivity contribution in [1.29, 1.82) is 0 Å². The predicted molar refractivity (Wildman–Crippen MR) is 134 cm³/mol. The minimum absolute atomic E-state index is 0.0875. The van der Waals surface area contributed by atoms with Gasteiger partial charge in [-0.05, 0) is 73.7 Å². The monoisotopic (exact) mass is 494 g/mol. The summed E-state index contributed by atoms with van der Waals surface area (Å²) in [5.74, 6) is -0.445. The third kappa shape index (κ3) is 6.19. The molecule has 3 atom stereocenters. The highest BCUT2D eigenvalue weighted by Crippen LogP contribution is 2.37. The van der Waals surface area contributed by atoms with Gasteiger partial charge in [0.05, 0.1) is 42.8 Å². The van der Waals surface area contributed by atoms with Gasteiger partial charge >= 0.3 is 5.97 Å². The van der Waals surface area contributed by atoms with Gasteiger partial charge in [-0.25, -0.2) is 9.07 Å². The summed E-state index contributed by atoms with van der Waals surface area (Å²) in [4.78, 5) is 10.8. The molecule has 1 aliphatic carbocycles. The smallest absolute Gasteiger partial charge is 0.305 e. The largest absolute Gasteiger partial charge is 0.497 e. The summed E-state index contributed by atoms with van der Waals surface area (Å²) in [5.41, 5.74) is 4.75. The summed E-state index contributed by atoms with van der Waals surface area (Å²) in [6.45, 7) is 0. The molecule has 1 aliphatic rings. The van der Waals surface area contributed by atoms with Gasteiger partial charge in [-0.2, -0.15) is 5.10 Å². The number of aliphatic hydroxyl groups excluding tert-OH is 2. The quantitative estimate of drug-likeness (QED) is 0.389. The number of nitrogens with zero attached hydrogens (tertiary/aromatic N) is 2. The molecule has 7 nitrogen and oxygen atoms in total. The molecule has 0 bridgehead atoms. The first-order chi connectivity index (χ1) is 17.3. The molecule has 0 spiro atoms. The SMILES string of the molecule is COc1ccc(CC2CCCc3c2nn(-c2ccc(F)cc2)c3/C=C/[C@@H](O)C[C@@H](O)CC(=O)O)cc1. The van der Waals surface area contributed by atoms with Gasteiger partial charge in [-0.3, -0.25) is 4.79 Å². The summed E-state index contributed by atoms with van der Waals surface area (Å²) >= 11 is 0. The molecule has 0 saturated heterocycles. The first-order valence-electron chi connectivity index (χ1n) is 12.1. The zero-order valence-electron chi connectivity index (χ0n) is 20.2. The normalized spacial score (nSPS) is 17.1. The van der Waals surface area contributed by atoms with Crippen LogP contribution < -0.4 is 4.74 Å². The van der Waals surface area contributed by atoms with Crippen LogP contribution in [0.5, 0.6) is 5.75 Å². The Bertz CT molecular complexity index is 1200. The van der Waals surface area contributed by atoms with Crippen LogP contribution in [0.4, 0.5) is 4.39 Å². The third-order valence-electron chi connectivity index (χ3n) is 6.53. The highest BCUT2D eigenvalue weighted by atomic mass is 19.1.